The second kappa shape index (κ2) is 9.47. The average molecular weight is 495 g/mol. The molecule has 6 heteroatoms. The number of aryl methyl sites for hydroxylation is 1. The number of β-amino-alcohol motifs (C(OH)–C–C–N with tert-alkyl or cyclic N) is 1. The monoisotopic (exact) mass is 494 g/mol. The first-order valence-corrected chi connectivity index (χ1v) is 12.7. The summed E-state index contributed by atoms with van der Waals surface area (Å²) in [5.74, 6) is 0.669. The van der Waals surface area contributed by atoms with Gasteiger partial charge in [0, 0.05) is 36.4 Å². The zero-order valence-corrected chi connectivity index (χ0v) is 20.8. The van der Waals surface area contributed by atoms with E-state index < -0.39 is 24.2 Å². The molecular weight excluding hydrogens is 461 g/mol. The standard InChI is InChI=1S/C30H33F3N2O/c1-21-7-5-9-24(15-21)29(17-23-8-6-10-25(16-23)34-14-13-22(2)18-34)20-35(19-28(36)30(31,32)33)27-12-4-3-11-26(27)29/h3-12,15-16,22,28,36H,13-14,17-20H2,1-2H3/t22-,28+,29?/m0/s1. The Morgan fingerprint density at radius 1 is 1.03 bits per heavy atom. The molecule has 0 aliphatic carbocycles. The van der Waals surface area contributed by atoms with E-state index in [-0.39, 0.29) is 0 Å². The van der Waals surface area contributed by atoms with Gasteiger partial charge in [0.05, 0.1) is 6.54 Å². The van der Waals surface area contributed by atoms with Crippen LogP contribution >= 0.6 is 0 Å². The highest BCUT2D eigenvalue weighted by Gasteiger charge is 2.47. The smallest absolute Gasteiger partial charge is 0.382 e. The van der Waals surface area contributed by atoms with E-state index >= 15 is 0 Å². The number of halogens is 3. The minimum atomic E-state index is -4.66. The maximum Gasteiger partial charge on any atom is 0.416 e. The molecule has 0 saturated carbocycles. The van der Waals surface area contributed by atoms with Gasteiger partial charge in [0.2, 0.25) is 0 Å². The Hall–Kier alpha value is -2.99. The van der Waals surface area contributed by atoms with Gasteiger partial charge in [-0.25, -0.2) is 0 Å². The van der Waals surface area contributed by atoms with Crippen LogP contribution in [0.2, 0.25) is 0 Å². The summed E-state index contributed by atoms with van der Waals surface area (Å²) in [6.07, 6.45) is -5.23. The summed E-state index contributed by atoms with van der Waals surface area (Å²) in [6, 6.07) is 24.6. The average Bonchev–Trinajstić information content (AvgIpc) is 3.41. The first-order chi connectivity index (χ1) is 17.2. The van der Waals surface area contributed by atoms with Gasteiger partial charge in [0.1, 0.15) is 0 Å². The summed E-state index contributed by atoms with van der Waals surface area (Å²) in [5.41, 5.74) is 5.77. The van der Waals surface area contributed by atoms with E-state index in [0.29, 0.717) is 18.9 Å². The van der Waals surface area contributed by atoms with Crippen molar-refractivity contribution in [3.8, 4) is 0 Å². The van der Waals surface area contributed by atoms with Crippen LogP contribution < -0.4 is 9.80 Å². The van der Waals surface area contributed by atoms with Gasteiger partial charge in [-0.05, 0) is 60.6 Å². The zero-order chi connectivity index (χ0) is 25.5. The first-order valence-electron chi connectivity index (χ1n) is 12.7. The van der Waals surface area contributed by atoms with Crippen LogP contribution in [0.1, 0.15) is 35.6 Å². The van der Waals surface area contributed by atoms with Gasteiger partial charge in [-0.3, -0.25) is 0 Å². The molecule has 36 heavy (non-hydrogen) atoms. The third-order valence-electron chi connectivity index (χ3n) is 7.77. The molecule has 0 spiro atoms. The van der Waals surface area contributed by atoms with Crippen molar-refractivity contribution < 1.29 is 18.3 Å². The Balaban J connectivity index is 1.57. The SMILES string of the molecule is Cc1cccc(C2(Cc3cccc(N4CC[C@H](C)C4)c3)CN(C[C@@H](O)C(F)(F)F)c3ccccc32)c1. The quantitative estimate of drug-likeness (QED) is 0.448. The van der Waals surface area contributed by atoms with Crippen LogP contribution in [0.4, 0.5) is 24.5 Å². The fourth-order valence-corrected chi connectivity index (χ4v) is 5.95. The Bertz CT molecular complexity index is 1230. The minimum Gasteiger partial charge on any atom is -0.382 e. The third kappa shape index (κ3) is 4.71. The summed E-state index contributed by atoms with van der Waals surface area (Å²) < 4.78 is 40.0. The molecule has 0 amide bonds. The molecule has 2 aliphatic heterocycles. The molecule has 1 saturated heterocycles. The van der Waals surface area contributed by atoms with E-state index in [1.807, 2.05) is 43.3 Å². The molecule has 3 aromatic carbocycles. The zero-order valence-electron chi connectivity index (χ0n) is 20.8. The van der Waals surface area contributed by atoms with Crippen molar-refractivity contribution in [1.82, 2.24) is 0 Å². The van der Waals surface area contributed by atoms with Crippen LogP contribution in [-0.4, -0.2) is 43.6 Å². The molecule has 190 valence electrons. The van der Waals surface area contributed by atoms with E-state index in [1.54, 1.807) is 4.90 Å². The van der Waals surface area contributed by atoms with Crippen molar-refractivity contribution in [3.05, 3.63) is 95.1 Å². The third-order valence-corrected chi connectivity index (χ3v) is 7.77. The number of anilines is 2. The molecule has 0 aromatic heterocycles. The highest BCUT2D eigenvalue weighted by atomic mass is 19.4. The van der Waals surface area contributed by atoms with Crippen LogP contribution in [-0.2, 0) is 11.8 Å². The van der Waals surface area contributed by atoms with Gasteiger partial charge in [-0.2, -0.15) is 13.2 Å². The van der Waals surface area contributed by atoms with Gasteiger partial charge in [-0.1, -0.05) is 67.1 Å². The van der Waals surface area contributed by atoms with E-state index in [2.05, 4.69) is 48.2 Å². The van der Waals surface area contributed by atoms with Crippen molar-refractivity contribution in [2.45, 2.75) is 44.4 Å². The van der Waals surface area contributed by atoms with Crippen molar-refractivity contribution in [2.24, 2.45) is 5.92 Å². The number of fused-ring (bicyclic) bond motifs is 1. The molecule has 5 rings (SSSR count). The molecule has 0 bridgehead atoms. The molecule has 1 fully saturated rings. The molecule has 3 nitrogen and oxygen atoms in total. The first kappa shape index (κ1) is 24.7. The van der Waals surface area contributed by atoms with E-state index in [4.69, 9.17) is 0 Å². The molecule has 1 unspecified atom stereocenters. The topological polar surface area (TPSA) is 26.7 Å². The summed E-state index contributed by atoms with van der Waals surface area (Å²) in [7, 11) is 0. The summed E-state index contributed by atoms with van der Waals surface area (Å²) in [6.45, 7) is 6.28. The van der Waals surface area contributed by atoms with Gasteiger partial charge in [0.25, 0.3) is 0 Å². The lowest BCUT2D eigenvalue weighted by molar-refractivity contribution is -0.200. The van der Waals surface area contributed by atoms with Crippen molar-refractivity contribution >= 4 is 11.4 Å². The van der Waals surface area contributed by atoms with E-state index in [9.17, 15) is 18.3 Å². The maximum atomic E-state index is 13.3. The summed E-state index contributed by atoms with van der Waals surface area (Å²) in [5, 5.41) is 9.95. The molecule has 2 aliphatic rings. The number of alkyl halides is 3. The number of para-hydroxylation sites is 1. The fourth-order valence-electron chi connectivity index (χ4n) is 5.95. The highest BCUT2D eigenvalue weighted by molar-refractivity contribution is 5.67. The Labute approximate surface area is 211 Å². The Morgan fingerprint density at radius 2 is 1.81 bits per heavy atom. The van der Waals surface area contributed by atoms with Crippen molar-refractivity contribution in [2.75, 3.05) is 36.0 Å². The Kier molecular flexibility index (Phi) is 6.50. The summed E-state index contributed by atoms with van der Waals surface area (Å²) in [4.78, 5) is 4.13. The minimum absolute atomic E-state index is 0.369. The number of nitrogens with zero attached hydrogens (tertiary/aromatic N) is 2. The van der Waals surface area contributed by atoms with Crippen molar-refractivity contribution in [3.63, 3.8) is 0 Å². The second-order valence-corrected chi connectivity index (χ2v) is 10.6. The predicted octanol–water partition coefficient (Wildman–Crippen LogP) is 6.11. The summed E-state index contributed by atoms with van der Waals surface area (Å²) >= 11 is 0. The molecule has 3 aromatic rings. The number of hydrogen-bond donors (Lipinski definition) is 1. The van der Waals surface area contributed by atoms with Gasteiger partial charge >= 0.3 is 6.18 Å². The van der Waals surface area contributed by atoms with Crippen LogP contribution in [0.5, 0.6) is 0 Å². The lowest BCUT2D eigenvalue weighted by atomic mass is 9.71. The molecule has 0 radical (unpaired) electrons. The molecular formula is C30H33F3N2O. The van der Waals surface area contributed by atoms with Crippen LogP contribution in [0.15, 0.2) is 72.8 Å². The number of hydrogen-bond acceptors (Lipinski definition) is 3. The second-order valence-electron chi connectivity index (χ2n) is 10.6. The predicted molar refractivity (Wildman–Crippen MR) is 139 cm³/mol. The van der Waals surface area contributed by atoms with Gasteiger partial charge in [0.15, 0.2) is 6.10 Å². The number of aliphatic hydroxyl groups is 1. The van der Waals surface area contributed by atoms with Gasteiger partial charge < -0.3 is 14.9 Å². The van der Waals surface area contributed by atoms with E-state index in [1.165, 1.54) is 12.1 Å². The number of rotatable bonds is 6. The fraction of sp³-hybridized carbons (Fsp3) is 0.400. The number of benzene rings is 3. The highest BCUT2D eigenvalue weighted by Crippen LogP contribution is 2.48. The Morgan fingerprint density at radius 3 is 2.53 bits per heavy atom. The molecule has 2 heterocycles. The molecule has 3 atom stereocenters. The molecule has 1 N–H and O–H groups in total. The lowest BCUT2D eigenvalue weighted by Crippen LogP contribution is -2.44. The van der Waals surface area contributed by atoms with Crippen LogP contribution in [0.25, 0.3) is 0 Å². The van der Waals surface area contributed by atoms with Gasteiger partial charge in [-0.15, -0.1) is 0 Å². The normalized spacial score (nSPS) is 22.7. The van der Waals surface area contributed by atoms with Crippen LogP contribution in [0, 0.1) is 12.8 Å². The largest absolute Gasteiger partial charge is 0.416 e. The lowest BCUT2D eigenvalue weighted by Gasteiger charge is -2.33. The number of aliphatic hydroxyl groups excluding tert-OH is 1. The van der Waals surface area contributed by atoms with E-state index in [0.717, 1.165) is 41.0 Å². The maximum absolute atomic E-state index is 13.3. The van der Waals surface area contributed by atoms with Crippen LogP contribution in [0.3, 0.4) is 0 Å². The van der Waals surface area contributed by atoms with Crippen molar-refractivity contribution in [1.29, 1.82) is 0 Å².